The molecule has 0 bridgehead atoms. The van der Waals surface area contributed by atoms with Gasteiger partial charge in [-0.1, -0.05) is 0 Å². The van der Waals surface area contributed by atoms with Crippen molar-refractivity contribution in [3.8, 4) is 0 Å². The number of hydrogen-bond donors (Lipinski definition) is 1. The summed E-state index contributed by atoms with van der Waals surface area (Å²) in [6, 6.07) is 0.164. The van der Waals surface area contributed by atoms with Gasteiger partial charge in [0.2, 0.25) is 0 Å². The van der Waals surface area contributed by atoms with Crippen LogP contribution in [0.4, 0.5) is 0 Å². The predicted octanol–water partition coefficient (Wildman–Crippen LogP) is 2.08. The molecule has 0 fully saturated rings. The summed E-state index contributed by atoms with van der Waals surface area (Å²) < 4.78 is 7.26. The molecule has 2 aromatic heterocycles. The number of nitrogens with zero attached hydrogens (tertiary/aromatic N) is 2. The Morgan fingerprint density at radius 3 is 3.06 bits per heavy atom. The smallest absolute Gasteiger partial charge is 0.193 e. The second kappa shape index (κ2) is 5.62. The third-order valence-electron chi connectivity index (χ3n) is 2.96. The molecule has 0 spiro atoms. The van der Waals surface area contributed by atoms with Crippen LogP contribution in [-0.4, -0.2) is 28.6 Å². The van der Waals surface area contributed by atoms with Gasteiger partial charge in [-0.3, -0.25) is 4.40 Å². The van der Waals surface area contributed by atoms with Gasteiger partial charge in [0, 0.05) is 37.3 Å². The highest BCUT2D eigenvalue weighted by molar-refractivity contribution is 7.15. The summed E-state index contributed by atoms with van der Waals surface area (Å²) in [6.07, 6.45) is 7.18. The summed E-state index contributed by atoms with van der Waals surface area (Å²) in [4.78, 5) is 5.57. The maximum absolute atomic E-state index is 6.10. The normalized spacial score (nSPS) is 15.2. The molecule has 0 saturated heterocycles. The minimum Gasteiger partial charge on any atom is -0.382 e. The highest BCUT2D eigenvalue weighted by Gasteiger charge is 2.10. The fourth-order valence-electron chi connectivity index (χ4n) is 1.81. The summed E-state index contributed by atoms with van der Waals surface area (Å²) in [7, 11) is 1.74. The molecule has 2 unspecified atom stereocenters. The molecule has 0 aliphatic carbocycles. The van der Waals surface area contributed by atoms with Crippen molar-refractivity contribution >= 4 is 16.3 Å². The topological polar surface area (TPSA) is 52.5 Å². The van der Waals surface area contributed by atoms with E-state index in [-0.39, 0.29) is 12.1 Å². The van der Waals surface area contributed by atoms with E-state index in [1.807, 2.05) is 16.0 Å². The van der Waals surface area contributed by atoms with Crippen LogP contribution >= 0.6 is 11.3 Å². The quantitative estimate of drug-likeness (QED) is 0.857. The van der Waals surface area contributed by atoms with Gasteiger partial charge >= 0.3 is 0 Å². The van der Waals surface area contributed by atoms with Crippen LogP contribution in [0.15, 0.2) is 17.8 Å². The van der Waals surface area contributed by atoms with Crippen molar-refractivity contribution in [1.29, 1.82) is 0 Å². The molecule has 2 rings (SSSR count). The van der Waals surface area contributed by atoms with Gasteiger partial charge in [-0.15, -0.1) is 11.3 Å². The van der Waals surface area contributed by atoms with E-state index < -0.39 is 0 Å². The average Bonchev–Trinajstić information content (AvgIpc) is 2.86. The highest BCUT2D eigenvalue weighted by Crippen LogP contribution is 2.13. The lowest BCUT2D eigenvalue weighted by molar-refractivity contribution is 0.107. The van der Waals surface area contributed by atoms with Crippen molar-refractivity contribution in [2.75, 3.05) is 7.11 Å². The number of methoxy groups -OCH3 is 1. The number of rotatable bonds is 6. The van der Waals surface area contributed by atoms with Gasteiger partial charge in [-0.05, 0) is 19.8 Å². The molecule has 17 heavy (non-hydrogen) atoms. The van der Waals surface area contributed by atoms with Gasteiger partial charge in [-0.25, -0.2) is 4.98 Å². The minimum atomic E-state index is 0.164. The standard InChI is InChI=1S/C12H19N3OS/c1-9(16-2)3-4-10(13)7-11-8-15-5-6-17-12(15)14-11/h5-6,8-10H,3-4,7,13H2,1-2H3. The molecule has 0 aliphatic heterocycles. The van der Waals surface area contributed by atoms with E-state index in [0.717, 1.165) is 29.9 Å². The number of hydrogen-bond acceptors (Lipinski definition) is 4. The van der Waals surface area contributed by atoms with Crippen LogP contribution in [0.1, 0.15) is 25.5 Å². The molecular formula is C12H19N3OS. The number of nitrogens with two attached hydrogens (primary N) is 1. The first-order valence-electron chi connectivity index (χ1n) is 5.88. The van der Waals surface area contributed by atoms with E-state index in [4.69, 9.17) is 10.5 Å². The van der Waals surface area contributed by atoms with Crippen LogP contribution in [0.3, 0.4) is 0 Å². The van der Waals surface area contributed by atoms with E-state index in [1.165, 1.54) is 0 Å². The lowest BCUT2D eigenvalue weighted by Crippen LogP contribution is -2.24. The van der Waals surface area contributed by atoms with Crippen LogP contribution in [0.5, 0.6) is 0 Å². The number of thiazole rings is 1. The Balaban J connectivity index is 1.86. The number of ether oxygens (including phenoxy) is 1. The maximum atomic E-state index is 6.10. The zero-order valence-corrected chi connectivity index (χ0v) is 11.1. The van der Waals surface area contributed by atoms with Crippen LogP contribution in [0.25, 0.3) is 4.96 Å². The third kappa shape index (κ3) is 3.28. The highest BCUT2D eigenvalue weighted by atomic mass is 32.1. The van der Waals surface area contributed by atoms with E-state index >= 15 is 0 Å². The summed E-state index contributed by atoms with van der Waals surface area (Å²) in [6.45, 7) is 2.07. The summed E-state index contributed by atoms with van der Waals surface area (Å²) in [5.74, 6) is 0. The zero-order valence-electron chi connectivity index (χ0n) is 10.3. The van der Waals surface area contributed by atoms with Crippen molar-refractivity contribution < 1.29 is 4.74 Å². The Kier molecular flexibility index (Phi) is 4.15. The zero-order chi connectivity index (χ0) is 12.3. The largest absolute Gasteiger partial charge is 0.382 e. The molecule has 2 N–H and O–H groups in total. The van der Waals surface area contributed by atoms with Crippen LogP contribution in [-0.2, 0) is 11.2 Å². The van der Waals surface area contributed by atoms with E-state index in [1.54, 1.807) is 18.4 Å². The van der Waals surface area contributed by atoms with Crippen LogP contribution in [0.2, 0.25) is 0 Å². The monoisotopic (exact) mass is 253 g/mol. The molecular weight excluding hydrogens is 234 g/mol. The Bertz CT molecular complexity index is 436. The Hall–Kier alpha value is -0.910. The molecule has 2 heterocycles. The number of fused-ring (bicyclic) bond motifs is 1. The van der Waals surface area contributed by atoms with Crippen molar-refractivity contribution in [2.45, 2.75) is 38.3 Å². The second-order valence-electron chi connectivity index (χ2n) is 4.41. The first-order valence-corrected chi connectivity index (χ1v) is 6.76. The molecule has 2 atom stereocenters. The first kappa shape index (κ1) is 12.5. The number of aromatic nitrogens is 2. The van der Waals surface area contributed by atoms with E-state index in [9.17, 15) is 0 Å². The van der Waals surface area contributed by atoms with Gasteiger partial charge in [0.25, 0.3) is 0 Å². The second-order valence-corrected chi connectivity index (χ2v) is 5.29. The number of imidazole rings is 1. The van der Waals surface area contributed by atoms with Crippen molar-refractivity contribution in [3.05, 3.63) is 23.5 Å². The molecule has 4 nitrogen and oxygen atoms in total. The van der Waals surface area contributed by atoms with Gasteiger partial charge < -0.3 is 10.5 Å². The summed E-state index contributed by atoms with van der Waals surface area (Å²) in [5, 5.41) is 2.03. The molecule has 0 aliphatic rings. The Morgan fingerprint density at radius 2 is 2.35 bits per heavy atom. The van der Waals surface area contributed by atoms with Crippen LogP contribution < -0.4 is 5.73 Å². The van der Waals surface area contributed by atoms with Gasteiger partial charge in [0.15, 0.2) is 4.96 Å². The molecule has 2 aromatic rings. The lowest BCUT2D eigenvalue weighted by atomic mass is 10.1. The van der Waals surface area contributed by atoms with Crippen molar-refractivity contribution in [1.82, 2.24) is 9.38 Å². The third-order valence-corrected chi connectivity index (χ3v) is 3.73. The molecule has 94 valence electrons. The van der Waals surface area contributed by atoms with Gasteiger partial charge in [0.1, 0.15) is 0 Å². The maximum Gasteiger partial charge on any atom is 0.193 e. The summed E-state index contributed by atoms with van der Waals surface area (Å²) >= 11 is 1.65. The SMILES string of the molecule is COC(C)CCC(N)Cc1cn2ccsc2n1. The molecule has 5 heteroatoms. The van der Waals surface area contributed by atoms with Crippen molar-refractivity contribution in [2.24, 2.45) is 5.73 Å². The Morgan fingerprint density at radius 1 is 1.53 bits per heavy atom. The van der Waals surface area contributed by atoms with Gasteiger partial charge in [-0.2, -0.15) is 0 Å². The van der Waals surface area contributed by atoms with Crippen molar-refractivity contribution in [3.63, 3.8) is 0 Å². The molecule has 0 radical (unpaired) electrons. The average molecular weight is 253 g/mol. The van der Waals surface area contributed by atoms with E-state index in [2.05, 4.69) is 18.1 Å². The lowest BCUT2D eigenvalue weighted by Gasteiger charge is -2.13. The molecule has 0 aromatic carbocycles. The van der Waals surface area contributed by atoms with Crippen LogP contribution in [0, 0.1) is 0 Å². The molecule has 0 amide bonds. The fraction of sp³-hybridized carbons (Fsp3) is 0.583. The fourth-order valence-corrected chi connectivity index (χ4v) is 2.53. The molecule has 0 saturated carbocycles. The first-order chi connectivity index (χ1) is 8.19. The van der Waals surface area contributed by atoms with Gasteiger partial charge in [0.05, 0.1) is 11.8 Å². The minimum absolute atomic E-state index is 0.164. The predicted molar refractivity (Wildman–Crippen MR) is 70.5 cm³/mol. The summed E-state index contributed by atoms with van der Waals surface area (Å²) in [5.41, 5.74) is 7.18. The van der Waals surface area contributed by atoms with E-state index in [0.29, 0.717) is 0 Å². The Labute approximate surface area is 105 Å².